The minimum absolute atomic E-state index is 0.343. The highest BCUT2D eigenvalue weighted by Gasteiger charge is 2.26. The highest BCUT2D eigenvalue weighted by Crippen LogP contribution is 2.45. The van der Waals surface area contributed by atoms with Crippen molar-refractivity contribution in [3.05, 3.63) is 114 Å². The summed E-state index contributed by atoms with van der Waals surface area (Å²) in [5, 5.41) is 9.90. The molecular weight excluding hydrogens is 424 g/mol. The molecule has 0 aliphatic heterocycles. The highest BCUT2D eigenvalue weighted by atomic mass is 16.5. The molecular formula is C29H20N2O3. The highest BCUT2D eigenvalue weighted by molar-refractivity contribution is 6.00. The zero-order chi connectivity index (χ0) is 23.5. The summed E-state index contributed by atoms with van der Waals surface area (Å²) < 4.78 is 13.3. The van der Waals surface area contributed by atoms with E-state index in [2.05, 4.69) is 6.07 Å². The summed E-state index contributed by atoms with van der Waals surface area (Å²) in [6.45, 7) is 0. The number of hydrogen-bond acceptors (Lipinski definition) is 4. The minimum Gasteiger partial charge on any atom is -0.497 e. The molecule has 0 aliphatic rings. The SMILES string of the molecule is COc1cccc(C(=O)Oc2c(-c3ccccc3)c(-c3ccccc3)n3cccc(C#N)c23)c1. The predicted octanol–water partition coefficient (Wildman–Crippen LogP) is 6.37. The molecule has 5 aromatic rings. The molecule has 0 radical (unpaired) electrons. The molecule has 0 bridgehead atoms. The number of esters is 1. The van der Waals surface area contributed by atoms with Crippen LogP contribution in [0.3, 0.4) is 0 Å². The van der Waals surface area contributed by atoms with Crippen molar-refractivity contribution >= 4 is 11.5 Å². The normalized spacial score (nSPS) is 10.6. The summed E-state index contributed by atoms with van der Waals surface area (Å²) in [6, 6.07) is 32.2. The zero-order valence-corrected chi connectivity index (χ0v) is 18.4. The van der Waals surface area contributed by atoms with Crippen LogP contribution in [0, 0.1) is 11.3 Å². The van der Waals surface area contributed by atoms with Gasteiger partial charge in [-0.15, -0.1) is 0 Å². The van der Waals surface area contributed by atoms with Gasteiger partial charge in [0, 0.05) is 6.20 Å². The molecule has 0 saturated carbocycles. The molecule has 0 spiro atoms. The molecule has 0 saturated heterocycles. The van der Waals surface area contributed by atoms with Gasteiger partial charge >= 0.3 is 5.97 Å². The summed E-state index contributed by atoms with van der Waals surface area (Å²) in [6.07, 6.45) is 1.88. The lowest BCUT2D eigenvalue weighted by atomic mass is 10.0. The second kappa shape index (κ2) is 8.97. The number of methoxy groups -OCH3 is 1. The number of pyridine rings is 1. The van der Waals surface area contributed by atoms with E-state index in [0.29, 0.717) is 28.1 Å². The smallest absolute Gasteiger partial charge is 0.343 e. The maximum atomic E-state index is 13.3. The van der Waals surface area contributed by atoms with E-state index in [1.807, 2.05) is 77.3 Å². The van der Waals surface area contributed by atoms with E-state index in [4.69, 9.17) is 9.47 Å². The number of rotatable bonds is 5. The summed E-state index contributed by atoms with van der Waals surface area (Å²) in [5.74, 6) is 0.369. The van der Waals surface area contributed by atoms with Crippen LogP contribution in [0.15, 0.2) is 103 Å². The molecule has 2 heterocycles. The molecule has 0 N–H and O–H groups in total. The Balaban J connectivity index is 1.81. The number of carbonyl (C=O) groups excluding carboxylic acids is 1. The number of aromatic nitrogens is 1. The Morgan fingerprint density at radius 1 is 0.853 bits per heavy atom. The summed E-state index contributed by atoms with van der Waals surface area (Å²) >= 11 is 0. The lowest BCUT2D eigenvalue weighted by Gasteiger charge is -2.10. The van der Waals surface area contributed by atoms with E-state index in [9.17, 15) is 10.1 Å². The van der Waals surface area contributed by atoms with Gasteiger partial charge in [0.2, 0.25) is 0 Å². The van der Waals surface area contributed by atoms with Crippen molar-refractivity contribution in [2.45, 2.75) is 0 Å². The number of carbonyl (C=O) groups is 1. The third-order valence-electron chi connectivity index (χ3n) is 5.64. The Kier molecular flexibility index (Phi) is 5.55. The molecule has 5 heteroatoms. The number of hydrogen-bond donors (Lipinski definition) is 0. The first-order valence-corrected chi connectivity index (χ1v) is 10.8. The monoisotopic (exact) mass is 444 g/mol. The van der Waals surface area contributed by atoms with E-state index >= 15 is 0 Å². The summed E-state index contributed by atoms with van der Waals surface area (Å²) in [7, 11) is 1.55. The molecule has 0 fully saturated rings. The van der Waals surface area contributed by atoms with Crippen LogP contribution in [0.5, 0.6) is 11.5 Å². The van der Waals surface area contributed by atoms with E-state index < -0.39 is 5.97 Å². The Labute approximate surface area is 197 Å². The van der Waals surface area contributed by atoms with Crippen molar-refractivity contribution in [3.63, 3.8) is 0 Å². The number of nitriles is 1. The van der Waals surface area contributed by atoms with Crippen LogP contribution >= 0.6 is 0 Å². The third kappa shape index (κ3) is 3.68. The molecule has 0 unspecified atom stereocenters. The molecule has 2 aromatic heterocycles. The van der Waals surface area contributed by atoms with Gasteiger partial charge in [0.1, 0.15) is 17.3 Å². The Hall–Kier alpha value is -4.82. The van der Waals surface area contributed by atoms with Crippen LogP contribution in [0.2, 0.25) is 0 Å². The second-order valence-corrected chi connectivity index (χ2v) is 7.66. The average Bonchev–Trinajstić information content (AvgIpc) is 3.23. The Morgan fingerprint density at radius 2 is 1.56 bits per heavy atom. The van der Waals surface area contributed by atoms with Gasteiger partial charge in [-0.25, -0.2) is 4.79 Å². The lowest BCUT2D eigenvalue weighted by molar-refractivity contribution is 0.0737. The van der Waals surface area contributed by atoms with Crippen LogP contribution in [-0.2, 0) is 0 Å². The second-order valence-electron chi connectivity index (χ2n) is 7.66. The average molecular weight is 444 g/mol. The minimum atomic E-state index is -0.532. The van der Waals surface area contributed by atoms with Crippen molar-refractivity contribution in [2.24, 2.45) is 0 Å². The maximum absolute atomic E-state index is 13.3. The van der Waals surface area contributed by atoms with Crippen LogP contribution in [-0.4, -0.2) is 17.5 Å². The lowest BCUT2D eigenvalue weighted by Crippen LogP contribution is -2.09. The number of ether oxygens (including phenoxy) is 2. The standard InChI is InChI=1S/C29H20N2O3/c1-33-24-16-8-14-22(18-24)29(32)34-28-25(20-10-4-2-5-11-20)26(21-12-6-3-7-13-21)31-17-9-15-23(19-30)27(28)31/h2-18H,1H3. The number of benzene rings is 3. The summed E-state index contributed by atoms with van der Waals surface area (Å²) in [5.41, 5.74) is 4.71. The molecule has 3 aromatic carbocycles. The van der Waals surface area contributed by atoms with E-state index in [-0.39, 0.29) is 0 Å². The van der Waals surface area contributed by atoms with Crippen LogP contribution in [0.1, 0.15) is 15.9 Å². The van der Waals surface area contributed by atoms with Crippen molar-refractivity contribution < 1.29 is 14.3 Å². The topological polar surface area (TPSA) is 63.7 Å². The van der Waals surface area contributed by atoms with Crippen LogP contribution in [0.4, 0.5) is 0 Å². The molecule has 164 valence electrons. The van der Waals surface area contributed by atoms with E-state index in [1.54, 1.807) is 37.4 Å². The molecule has 5 nitrogen and oxygen atoms in total. The van der Waals surface area contributed by atoms with Crippen molar-refractivity contribution in [1.29, 1.82) is 5.26 Å². The number of nitrogens with zero attached hydrogens (tertiary/aromatic N) is 2. The van der Waals surface area contributed by atoms with Gasteiger partial charge in [-0.3, -0.25) is 0 Å². The van der Waals surface area contributed by atoms with Gasteiger partial charge < -0.3 is 13.9 Å². The van der Waals surface area contributed by atoms with E-state index in [1.165, 1.54) is 0 Å². The molecule has 0 aliphatic carbocycles. The van der Waals surface area contributed by atoms with Crippen molar-refractivity contribution in [1.82, 2.24) is 4.40 Å². The quantitative estimate of drug-likeness (QED) is 0.295. The van der Waals surface area contributed by atoms with Gasteiger partial charge in [-0.1, -0.05) is 66.7 Å². The molecule has 5 rings (SSSR count). The molecule has 34 heavy (non-hydrogen) atoms. The fourth-order valence-electron chi connectivity index (χ4n) is 4.12. The predicted molar refractivity (Wildman–Crippen MR) is 131 cm³/mol. The Morgan fingerprint density at radius 3 is 2.24 bits per heavy atom. The van der Waals surface area contributed by atoms with Gasteiger partial charge in [0.25, 0.3) is 0 Å². The third-order valence-corrected chi connectivity index (χ3v) is 5.64. The number of fused-ring (bicyclic) bond motifs is 1. The first-order chi connectivity index (χ1) is 16.7. The van der Waals surface area contributed by atoms with Crippen molar-refractivity contribution in [3.8, 4) is 40.0 Å². The Bertz CT molecular complexity index is 1530. The van der Waals surface area contributed by atoms with Gasteiger partial charge in [-0.05, 0) is 41.5 Å². The van der Waals surface area contributed by atoms with Crippen molar-refractivity contribution in [2.75, 3.05) is 7.11 Å². The van der Waals surface area contributed by atoms with E-state index in [0.717, 1.165) is 22.4 Å². The maximum Gasteiger partial charge on any atom is 0.343 e. The summed E-state index contributed by atoms with van der Waals surface area (Å²) in [4.78, 5) is 13.3. The fourth-order valence-corrected chi connectivity index (χ4v) is 4.12. The molecule has 0 amide bonds. The fraction of sp³-hybridized carbons (Fsp3) is 0.0345. The zero-order valence-electron chi connectivity index (χ0n) is 18.4. The van der Waals surface area contributed by atoms with Gasteiger partial charge in [-0.2, -0.15) is 5.26 Å². The molecule has 0 atom stereocenters. The van der Waals surface area contributed by atoms with Crippen LogP contribution < -0.4 is 9.47 Å². The van der Waals surface area contributed by atoms with Gasteiger partial charge in [0.15, 0.2) is 5.75 Å². The first kappa shape index (κ1) is 21.0. The first-order valence-electron chi connectivity index (χ1n) is 10.8. The van der Waals surface area contributed by atoms with Crippen LogP contribution in [0.25, 0.3) is 27.9 Å². The van der Waals surface area contributed by atoms with Gasteiger partial charge in [0.05, 0.1) is 29.5 Å². The largest absolute Gasteiger partial charge is 0.497 e.